The van der Waals surface area contributed by atoms with E-state index in [1.807, 2.05) is 36.4 Å². The normalized spacial score (nSPS) is 9.38. The van der Waals surface area contributed by atoms with Crippen LogP contribution in [0.25, 0.3) is 0 Å². The lowest BCUT2D eigenvalue weighted by Crippen LogP contribution is -1.88. The molecule has 0 aliphatic heterocycles. The molecule has 0 amide bonds. The van der Waals surface area contributed by atoms with Crippen molar-refractivity contribution in [3.8, 4) is 23.0 Å². The smallest absolute Gasteiger partial charge is 0.119 e. The Kier molecular flexibility index (Phi) is 8.64. The first-order chi connectivity index (χ1) is 14.1. The van der Waals surface area contributed by atoms with E-state index >= 15 is 0 Å². The van der Waals surface area contributed by atoms with E-state index in [1.165, 1.54) is 0 Å². The van der Waals surface area contributed by atoms with Gasteiger partial charge in [0, 0.05) is 6.42 Å². The molecule has 0 saturated heterocycles. The van der Waals surface area contributed by atoms with Crippen LogP contribution in [0.4, 0.5) is 0 Å². The van der Waals surface area contributed by atoms with Gasteiger partial charge in [0.05, 0.1) is 0 Å². The third-order valence-corrected chi connectivity index (χ3v) is 3.88. The van der Waals surface area contributed by atoms with E-state index in [4.69, 9.17) is 10.2 Å². The van der Waals surface area contributed by atoms with Crippen molar-refractivity contribution in [2.75, 3.05) is 0 Å². The Morgan fingerprint density at radius 3 is 0.966 bits per heavy atom. The molecule has 0 atom stereocenters. The minimum absolute atomic E-state index is 0.265. The molecule has 0 bridgehead atoms. The summed E-state index contributed by atoms with van der Waals surface area (Å²) in [7, 11) is 0. The van der Waals surface area contributed by atoms with Gasteiger partial charge in [-0.05, 0) is 47.5 Å². The Bertz CT molecular complexity index is 889. The summed E-state index contributed by atoms with van der Waals surface area (Å²) < 4.78 is 0. The highest BCUT2D eigenvalue weighted by atomic mass is 16.3. The lowest BCUT2D eigenvalue weighted by atomic mass is 10.0. The summed E-state index contributed by atoms with van der Waals surface area (Å²) in [5.41, 5.74) is 1.64. The van der Waals surface area contributed by atoms with Crippen LogP contribution in [-0.2, 0) is 6.42 Å². The molecular formula is C25H24O4. The molecule has 4 N–H and O–H groups in total. The highest BCUT2D eigenvalue weighted by Gasteiger charge is 2.04. The quantitative estimate of drug-likeness (QED) is 0.367. The Morgan fingerprint density at radius 1 is 0.379 bits per heavy atom. The second-order valence-electron chi connectivity index (χ2n) is 6.11. The lowest BCUT2D eigenvalue weighted by molar-refractivity contribution is 0.463. The van der Waals surface area contributed by atoms with Crippen molar-refractivity contribution in [2.24, 2.45) is 0 Å². The van der Waals surface area contributed by atoms with Gasteiger partial charge in [0.25, 0.3) is 0 Å². The Morgan fingerprint density at radius 2 is 0.690 bits per heavy atom. The van der Waals surface area contributed by atoms with Crippen LogP contribution in [0.15, 0.2) is 109 Å². The van der Waals surface area contributed by atoms with Gasteiger partial charge in [-0.1, -0.05) is 72.8 Å². The molecule has 0 spiro atoms. The molecule has 4 aromatic carbocycles. The summed E-state index contributed by atoms with van der Waals surface area (Å²) in [5, 5.41) is 36.4. The van der Waals surface area contributed by atoms with E-state index in [1.54, 1.807) is 72.8 Å². The molecule has 0 radical (unpaired) electrons. The van der Waals surface area contributed by atoms with Crippen molar-refractivity contribution in [1.82, 2.24) is 0 Å². The number of para-hydroxylation sites is 4. The van der Waals surface area contributed by atoms with Crippen LogP contribution in [-0.4, -0.2) is 20.4 Å². The van der Waals surface area contributed by atoms with Gasteiger partial charge in [-0.3, -0.25) is 0 Å². The number of benzene rings is 4. The van der Waals surface area contributed by atoms with Gasteiger partial charge in [0.2, 0.25) is 0 Å². The van der Waals surface area contributed by atoms with E-state index < -0.39 is 0 Å². The minimum atomic E-state index is 0.265. The number of aromatic hydroxyl groups is 4. The summed E-state index contributed by atoms with van der Waals surface area (Å²) in [4.78, 5) is 0. The van der Waals surface area contributed by atoms with Crippen LogP contribution >= 0.6 is 0 Å². The first kappa shape index (κ1) is 21.4. The number of hydrogen-bond acceptors (Lipinski definition) is 4. The molecule has 0 heterocycles. The monoisotopic (exact) mass is 388 g/mol. The van der Waals surface area contributed by atoms with Crippen LogP contribution in [0.2, 0.25) is 0 Å². The molecule has 4 rings (SSSR count). The molecular weight excluding hydrogens is 364 g/mol. The van der Waals surface area contributed by atoms with Crippen LogP contribution < -0.4 is 0 Å². The van der Waals surface area contributed by atoms with E-state index in [2.05, 4.69) is 0 Å². The second-order valence-corrected chi connectivity index (χ2v) is 6.11. The van der Waals surface area contributed by atoms with Gasteiger partial charge in [0.15, 0.2) is 0 Å². The Hall–Kier alpha value is -3.92. The van der Waals surface area contributed by atoms with Crippen molar-refractivity contribution < 1.29 is 20.4 Å². The van der Waals surface area contributed by atoms with Crippen molar-refractivity contribution in [2.45, 2.75) is 6.42 Å². The van der Waals surface area contributed by atoms with Crippen LogP contribution in [0.3, 0.4) is 0 Å². The summed E-state index contributed by atoms with van der Waals surface area (Å²) in [6, 6.07) is 31.7. The zero-order chi connectivity index (χ0) is 20.9. The van der Waals surface area contributed by atoms with Crippen LogP contribution in [0.5, 0.6) is 23.0 Å². The van der Waals surface area contributed by atoms with Crippen molar-refractivity contribution in [3.05, 3.63) is 120 Å². The Labute approximate surface area is 170 Å². The van der Waals surface area contributed by atoms with Gasteiger partial charge < -0.3 is 20.4 Å². The molecule has 29 heavy (non-hydrogen) atoms. The molecule has 0 aliphatic rings. The van der Waals surface area contributed by atoms with E-state index in [-0.39, 0.29) is 11.5 Å². The van der Waals surface area contributed by atoms with Gasteiger partial charge in [-0.15, -0.1) is 0 Å². The molecule has 0 saturated carbocycles. The predicted molar refractivity (Wildman–Crippen MR) is 115 cm³/mol. The lowest BCUT2D eigenvalue weighted by Gasteiger charge is -2.05. The molecule has 148 valence electrons. The van der Waals surface area contributed by atoms with Crippen LogP contribution in [0, 0.1) is 0 Å². The summed E-state index contributed by atoms with van der Waals surface area (Å²) in [6.07, 6.45) is 0.541. The van der Waals surface area contributed by atoms with E-state index in [0.29, 0.717) is 17.9 Å². The maximum absolute atomic E-state index is 9.58. The van der Waals surface area contributed by atoms with Crippen molar-refractivity contribution in [1.29, 1.82) is 0 Å². The molecule has 4 heteroatoms. The SMILES string of the molecule is Oc1ccccc1.Oc1ccccc1.Oc1ccccc1Cc1ccccc1O. The first-order valence-electron chi connectivity index (χ1n) is 9.08. The largest absolute Gasteiger partial charge is 0.508 e. The molecule has 0 unspecified atom stereocenters. The standard InChI is InChI=1S/C13H12O2.2C6H6O/c14-12-7-3-1-5-10(12)9-11-6-2-4-8-13(11)15;2*7-6-4-2-1-3-5-6/h1-8,14-15H,9H2;2*1-5,7H. The zero-order valence-electron chi connectivity index (χ0n) is 15.9. The molecule has 0 aliphatic carbocycles. The van der Waals surface area contributed by atoms with Gasteiger partial charge in [0.1, 0.15) is 23.0 Å². The fourth-order valence-electron chi connectivity index (χ4n) is 2.38. The van der Waals surface area contributed by atoms with E-state index in [9.17, 15) is 10.2 Å². The molecule has 4 aromatic rings. The van der Waals surface area contributed by atoms with Crippen LogP contribution in [0.1, 0.15) is 11.1 Å². The first-order valence-corrected chi connectivity index (χ1v) is 9.08. The highest BCUT2D eigenvalue weighted by Crippen LogP contribution is 2.24. The minimum Gasteiger partial charge on any atom is -0.508 e. The number of rotatable bonds is 2. The van der Waals surface area contributed by atoms with Crippen molar-refractivity contribution >= 4 is 0 Å². The summed E-state index contributed by atoms with van der Waals surface area (Å²) in [6.45, 7) is 0. The molecule has 0 aromatic heterocycles. The van der Waals surface area contributed by atoms with E-state index in [0.717, 1.165) is 11.1 Å². The maximum atomic E-state index is 9.58. The highest BCUT2D eigenvalue weighted by molar-refractivity contribution is 5.41. The van der Waals surface area contributed by atoms with Crippen molar-refractivity contribution in [3.63, 3.8) is 0 Å². The zero-order valence-corrected chi connectivity index (χ0v) is 15.9. The average Bonchev–Trinajstić information content (AvgIpc) is 2.73. The number of hydrogen-bond donors (Lipinski definition) is 4. The second kappa shape index (κ2) is 11.7. The number of phenolic OH excluding ortho intramolecular Hbond substituents is 4. The fourth-order valence-corrected chi connectivity index (χ4v) is 2.38. The Balaban J connectivity index is 0.000000178. The maximum Gasteiger partial charge on any atom is 0.119 e. The fraction of sp³-hybridized carbons (Fsp3) is 0.0400. The third-order valence-electron chi connectivity index (χ3n) is 3.88. The molecule has 0 fully saturated rings. The van der Waals surface area contributed by atoms with Gasteiger partial charge in [-0.25, -0.2) is 0 Å². The topological polar surface area (TPSA) is 80.9 Å². The number of phenols is 4. The average molecular weight is 388 g/mol. The summed E-state index contributed by atoms with van der Waals surface area (Å²) >= 11 is 0. The van der Waals surface area contributed by atoms with Gasteiger partial charge >= 0.3 is 0 Å². The summed E-state index contributed by atoms with van der Waals surface area (Å²) in [5.74, 6) is 1.17. The van der Waals surface area contributed by atoms with Gasteiger partial charge in [-0.2, -0.15) is 0 Å². The third kappa shape index (κ3) is 8.10. The molecule has 4 nitrogen and oxygen atoms in total. The predicted octanol–water partition coefficient (Wildman–Crippen LogP) is 5.47.